The van der Waals surface area contributed by atoms with Crippen LogP contribution >= 0.6 is 0 Å². The molecule has 0 unspecified atom stereocenters. The van der Waals surface area contributed by atoms with Crippen molar-refractivity contribution in [3.63, 3.8) is 0 Å². The Labute approximate surface area is 129 Å². The minimum atomic E-state index is 0.497. The van der Waals surface area contributed by atoms with Crippen molar-refractivity contribution in [1.82, 2.24) is 5.32 Å². The minimum Gasteiger partial charge on any atom is -0.497 e. The molecule has 0 fully saturated rings. The minimum absolute atomic E-state index is 0.497. The van der Waals surface area contributed by atoms with Crippen LogP contribution in [0.1, 0.15) is 33.3 Å². The van der Waals surface area contributed by atoms with Gasteiger partial charge >= 0.3 is 0 Å². The zero-order valence-electron chi connectivity index (χ0n) is 14.2. The third kappa shape index (κ3) is 5.80. The second kappa shape index (κ2) is 8.73. The summed E-state index contributed by atoms with van der Waals surface area (Å²) >= 11 is 0. The maximum Gasteiger partial charge on any atom is 0.129 e. The molecule has 0 radical (unpaired) electrons. The Morgan fingerprint density at radius 2 is 1.86 bits per heavy atom. The van der Waals surface area contributed by atoms with Crippen LogP contribution in [0.25, 0.3) is 6.08 Å². The van der Waals surface area contributed by atoms with E-state index < -0.39 is 0 Å². The quantitative estimate of drug-likeness (QED) is 0.785. The first-order chi connectivity index (χ1) is 9.97. The molecule has 1 aromatic carbocycles. The monoisotopic (exact) mass is 291 g/mol. The van der Waals surface area contributed by atoms with E-state index in [4.69, 9.17) is 9.47 Å². The van der Waals surface area contributed by atoms with Crippen LogP contribution < -0.4 is 14.8 Å². The van der Waals surface area contributed by atoms with Gasteiger partial charge in [0.15, 0.2) is 0 Å². The average Bonchev–Trinajstić information content (AvgIpc) is 2.45. The fraction of sp³-hybridized carbons (Fsp3) is 0.556. The molecule has 21 heavy (non-hydrogen) atoms. The zero-order valence-corrected chi connectivity index (χ0v) is 14.2. The molecule has 0 saturated heterocycles. The van der Waals surface area contributed by atoms with Crippen LogP contribution in [0.3, 0.4) is 0 Å². The van der Waals surface area contributed by atoms with Gasteiger partial charge in [0, 0.05) is 18.2 Å². The molecule has 3 nitrogen and oxygen atoms in total. The van der Waals surface area contributed by atoms with E-state index in [9.17, 15) is 0 Å². The zero-order chi connectivity index (χ0) is 15.8. The molecule has 0 saturated carbocycles. The first-order valence-electron chi connectivity index (χ1n) is 7.61. The van der Waals surface area contributed by atoms with Gasteiger partial charge in [0.2, 0.25) is 0 Å². The van der Waals surface area contributed by atoms with Crippen molar-refractivity contribution in [3.8, 4) is 11.5 Å². The molecule has 1 rings (SSSR count). The van der Waals surface area contributed by atoms with Gasteiger partial charge in [-0.3, -0.25) is 0 Å². The van der Waals surface area contributed by atoms with E-state index in [1.165, 1.54) is 5.57 Å². The number of rotatable bonds is 8. The maximum atomic E-state index is 5.47. The van der Waals surface area contributed by atoms with Crippen molar-refractivity contribution in [2.24, 2.45) is 11.8 Å². The Balaban J connectivity index is 2.93. The van der Waals surface area contributed by atoms with Crippen LogP contribution in [0, 0.1) is 11.8 Å². The molecule has 0 bridgehead atoms. The second-order valence-corrected chi connectivity index (χ2v) is 6.01. The average molecular weight is 291 g/mol. The summed E-state index contributed by atoms with van der Waals surface area (Å²) < 4.78 is 10.7. The molecule has 3 heteroatoms. The van der Waals surface area contributed by atoms with Crippen LogP contribution in [0.15, 0.2) is 23.8 Å². The van der Waals surface area contributed by atoms with Gasteiger partial charge in [0.1, 0.15) is 11.5 Å². The molecule has 0 aromatic heterocycles. The molecule has 0 aliphatic carbocycles. The summed E-state index contributed by atoms with van der Waals surface area (Å²) in [5, 5.41) is 3.51. The van der Waals surface area contributed by atoms with Crippen LogP contribution in [0.5, 0.6) is 11.5 Å². The summed E-state index contributed by atoms with van der Waals surface area (Å²) in [6.07, 6.45) is 2.22. The Hall–Kier alpha value is -1.48. The van der Waals surface area contributed by atoms with Gasteiger partial charge in [-0.2, -0.15) is 0 Å². The van der Waals surface area contributed by atoms with E-state index >= 15 is 0 Å². The van der Waals surface area contributed by atoms with Crippen molar-refractivity contribution >= 4 is 6.08 Å². The topological polar surface area (TPSA) is 30.5 Å². The number of hydrogen-bond acceptors (Lipinski definition) is 3. The van der Waals surface area contributed by atoms with E-state index in [1.807, 2.05) is 18.2 Å². The lowest BCUT2D eigenvalue weighted by Crippen LogP contribution is -2.23. The highest BCUT2D eigenvalue weighted by atomic mass is 16.5. The van der Waals surface area contributed by atoms with Crippen molar-refractivity contribution in [2.75, 3.05) is 27.3 Å². The maximum absolute atomic E-state index is 5.47. The van der Waals surface area contributed by atoms with Gasteiger partial charge in [0.05, 0.1) is 14.2 Å². The number of nitrogens with one attached hydrogen (secondary N) is 1. The SMILES string of the molecule is COc1ccc(C=C(CNCC(C)C)C(C)C)c(OC)c1. The highest BCUT2D eigenvalue weighted by Crippen LogP contribution is 2.27. The molecule has 1 N–H and O–H groups in total. The Morgan fingerprint density at radius 3 is 2.38 bits per heavy atom. The highest BCUT2D eigenvalue weighted by molar-refractivity contribution is 5.62. The lowest BCUT2D eigenvalue weighted by atomic mass is 9.99. The van der Waals surface area contributed by atoms with Crippen molar-refractivity contribution < 1.29 is 9.47 Å². The molecule has 0 heterocycles. The molecule has 0 spiro atoms. The standard InChI is InChI=1S/C18H29NO2/c1-13(2)11-19-12-16(14(3)4)9-15-7-8-17(20-5)10-18(15)21-6/h7-10,13-14,19H,11-12H2,1-6H3. The molecule has 0 aliphatic heterocycles. The van der Waals surface area contributed by atoms with Crippen LogP contribution in [-0.2, 0) is 0 Å². The van der Waals surface area contributed by atoms with E-state index in [2.05, 4.69) is 39.1 Å². The van der Waals surface area contributed by atoms with Crippen molar-refractivity contribution in [1.29, 1.82) is 0 Å². The second-order valence-electron chi connectivity index (χ2n) is 6.01. The summed E-state index contributed by atoms with van der Waals surface area (Å²) in [4.78, 5) is 0. The third-order valence-electron chi connectivity index (χ3n) is 3.40. The Bertz CT molecular complexity index is 464. The summed E-state index contributed by atoms with van der Waals surface area (Å²) in [5.74, 6) is 2.81. The van der Waals surface area contributed by atoms with Gasteiger partial charge in [-0.05, 0) is 30.5 Å². The molecule has 0 aliphatic rings. The number of methoxy groups -OCH3 is 2. The lowest BCUT2D eigenvalue weighted by molar-refractivity contribution is 0.393. The predicted octanol–water partition coefficient (Wildman–Crippen LogP) is 3.99. The molecular formula is C18H29NO2. The summed E-state index contributed by atoms with van der Waals surface area (Å²) in [6.45, 7) is 10.8. The molecular weight excluding hydrogens is 262 g/mol. The van der Waals surface area contributed by atoms with E-state index in [-0.39, 0.29) is 0 Å². The third-order valence-corrected chi connectivity index (χ3v) is 3.40. The normalized spacial score (nSPS) is 12.1. The van der Waals surface area contributed by atoms with Gasteiger partial charge in [-0.1, -0.05) is 39.3 Å². The largest absolute Gasteiger partial charge is 0.497 e. The van der Waals surface area contributed by atoms with Crippen molar-refractivity contribution in [3.05, 3.63) is 29.3 Å². The highest BCUT2D eigenvalue weighted by Gasteiger charge is 2.08. The first-order valence-corrected chi connectivity index (χ1v) is 7.61. The van der Waals surface area contributed by atoms with Gasteiger partial charge < -0.3 is 14.8 Å². The molecule has 0 amide bonds. The van der Waals surface area contributed by atoms with Crippen LogP contribution in [0.2, 0.25) is 0 Å². The van der Waals surface area contributed by atoms with E-state index in [0.717, 1.165) is 30.2 Å². The predicted molar refractivity (Wildman–Crippen MR) is 90.1 cm³/mol. The Kier molecular flexibility index (Phi) is 7.30. The first kappa shape index (κ1) is 17.6. The van der Waals surface area contributed by atoms with Crippen LogP contribution in [-0.4, -0.2) is 27.3 Å². The van der Waals surface area contributed by atoms with E-state index in [1.54, 1.807) is 14.2 Å². The molecule has 0 atom stereocenters. The fourth-order valence-electron chi connectivity index (χ4n) is 2.06. The van der Waals surface area contributed by atoms with Gasteiger partial charge in [-0.25, -0.2) is 0 Å². The smallest absolute Gasteiger partial charge is 0.129 e. The molecule has 118 valence electrons. The van der Waals surface area contributed by atoms with Gasteiger partial charge in [0.25, 0.3) is 0 Å². The Morgan fingerprint density at radius 1 is 1.14 bits per heavy atom. The van der Waals surface area contributed by atoms with Gasteiger partial charge in [-0.15, -0.1) is 0 Å². The van der Waals surface area contributed by atoms with Crippen LogP contribution in [0.4, 0.5) is 0 Å². The summed E-state index contributed by atoms with van der Waals surface area (Å²) in [7, 11) is 3.36. The summed E-state index contributed by atoms with van der Waals surface area (Å²) in [6, 6.07) is 5.93. The number of hydrogen-bond donors (Lipinski definition) is 1. The van der Waals surface area contributed by atoms with Crippen molar-refractivity contribution in [2.45, 2.75) is 27.7 Å². The fourth-order valence-corrected chi connectivity index (χ4v) is 2.06. The lowest BCUT2D eigenvalue weighted by Gasteiger charge is -2.15. The summed E-state index contributed by atoms with van der Waals surface area (Å²) in [5.41, 5.74) is 2.47. The number of ether oxygens (including phenoxy) is 2. The molecule has 1 aromatic rings. The number of benzene rings is 1. The van der Waals surface area contributed by atoms with E-state index in [0.29, 0.717) is 11.8 Å².